The minimum atomic E-state index is -0.833. The predicted molar refractivity (Wildman–Crippen MR) is 45.9 cm³/mol. The fourth-order valence-electron chi connectivity index (χ4n) is 0.418. The zero-order valence-electron chi connectivity index (χ0n) is 7.87. The van der Waals surface area contributed by atoms with Gasteiger partial charge in [-0.3, -0.25) is 4.79 Å². The largest absolute Gasteiger partial charge is 0.481 e. The second-order valence-corrected chi connectivity index (χ2v) is 2.84. The number of hydrogen-bond donors (Lipinski definition) is 3. The molecule has 74 valence electrons. The highest BCUT2D eigenvalue weighted by molar-refractivity contribution is 5.62. The Hall–Kier alpha value is -0.610. The highest BCUT2D eigenvalue weighted by Crippen LogP contribution is 2.11. The van der Waals surface area contributed by atoms with Crippen LogP contribution in [0.3, 0.4) is 0 Å². The molecule has 0 saturated heterocycles. The number of carbonyl (C=O) groups is 1. The summed E-state index contributed by atoms with van der Waals surface area (Å²) < 4.78 is 0. The van der Waals surface area contributed by atoms with Gasteiger partial charge in [0.25, 0.3) is 5.97 Å². The zero-order valence-corrected chi connectivity index (χ0v) is 7.87. The molecule has 0 amide bonds. The van der Waals surface area contributed by atoms with Gasteiger partial charge in [0, 0.05) is 13.5 Å². The summed E-state index contributed by atoms with van der Waals surface area (Å²) in [6.45, 7) is 4.78. The van der Waals surface area contributed by atoms with E-state index in [9.17, 15) is 0 Å². The van der Waals surface area contributed by atoms with Gasteiger partial charge >= 0.3 is 0 Å². The molecule has 0 saturated carbocycles. The molecule has 0 aromatic carbocycles. The summed E-state index contributed by atoms with van der Waals surface area (Å²) >= 11 is 0. The Kier molecular flexibility index (Phi) is 8.21. The molecule has 0 heterocycles. The maximum Gasteiger partial charge on any atom is 0.300 e. The molecule has 4 heteroatoms. The van der Waals surface area contributed by atoms with Gasteiger partial charge in [0.1, 0.15) is 0 Å². The Morgan fingerprint density at radius 3 is 1.92 bits per heavy atom. The van der Waals surface area contributed by atoms with Gasteiger partial charge in [-0.05, 0) is 19.8 Å². The van der Waals surface area contributed by atoms with Crippen LogP contribution in [0.5, 0.6) is 0 Å². The van der Waals surface area contributed by atoms with Crippen molar-refractivity contribution in [2.24, 2.45) is 0 Å². The van der Waals surface area contributed by atoms with Crippen LogP contribution in [-0.2, 0) is 4.79 Å². The Labute approximate surface area is 72.8 Å². The fraction of sp³-hybridized carbons (Fsp3) is 0.875. The van der Waals surface area contributed by atoms with Crippen LogP contribution in [0, 0.1) is 0 Å². The molecule has 4 nitrogen and oxygen atoms in total. The molecular weight excluding hydrogens is 160 g/mol. The monoisotopic (exact) mass is 178 g/mol. The van der Waals surface area contributed by atoms with Gasteiger partial charge in [-0.2, -0.15) is 0 Å². The summed E-state index contributed by atoms with van der Waals surface area (Å²) in [5, 5.41) is 25.0. The lowest BCUT2D eigenvalue weighted by Gasteiger charge is -2.18. The number of hydrogen-bond acceptors (Lipinski definition) is 3. The first-order valence-electron chi connectivity index (χ1n) is 3.88. The number of aliphatic hydroxyl groups excluding tert-OH is 1. The third kappa shape index (κ3) is 16.2. The molecule has 1 unspecified atom stereocenters. The van der Waals surface area contributed by atoms with Crippen LogP contribution in [0.15, 0.2) is 0 Å². The number of aliphatic hydroxyl groups is 2. The predicted octanol–water partition coefficient (Wildman–Crippen LogP) is 0.621. The lowest BCUT2D eigenvalue weighted by atomic mass is 10.0. The van der Waals surface area contributed by atoms with E-state index in [2.05, 4.69) is 0 Å². The summed E-state index contributed by atoms with van der Waals surface area (Å²) in [5.41, 5.74) is -0.658. The number of rotatable bonds is 3. The first-order valence-corrected chi connectivity index (χ1v) is 3.88. The molecule has 0 fully saturated rings. The van der Waals surface area contributed by atoms with Gasteiger partial charge in [-0.1, -0.05) is 6.92 Å². The van der Waals surface area contributed by atoms with Gasteiger partial charge in [0.15, 0.2) is 0 Å². The van der Waals surface area contributed by atoms with Crippen LogP contribution in [0.2, 0.25) is 0 Å². The first-order chi connectivity index (χ1) is 5.35. The molecule has 0 aliphatic rings. The van der Waals surface area contributed by atoms with Crippen molar-refractivity contribution < 1.29 is 20.1 Å². The van der Waals surface area contributed by atoms with Crippen molar-refractivity contribution in [2.75, 3.05) is 6.61 Å². The minimum Gasteiger partial charge on any atom is -0.481 e. The topological polar surface area (TPSA) is 77.8 Å². The van der Waals surface area contributed by atoms with Crippen LogP contribution in [0.4, 0.5) is 0 Å². The van der Waals surface area contributed by atoms with Crippen LogP contribution in [0.1, 0.15) is 33.6 Å². The molecule has 0 radical (unpaired) electrons. The summed E-state index contributed by atoms with van der Waals surface area (Å²) in [7, 11) is 0. The second kappa shape index (κ2) is 7.06. The Balaban J connectivity index is 0. The Morgan fingerprint density at radius 2 is 1.83 bits per heavy atom. The molecule has 1 atom stereocenters. The van der Waals surface area contributed by atoms with E-state index in [4.69, 9.17) is 20.1 Å². The molecular formula is C8H18O4. The number of carboxylic acid groups (broad SMARTS) is 1. The molecule has 0 spiro atoms. The van der Waals surface area contributed by atoms with E-state index < -0.39 is 11.6 Å². The minimum absolute atomic E-state index is 0.0703. The van der Waals surface area contributed by atoms with Crippen LogP contribution < -0.4 is 0 Å². The van der Waals surface area contributed by atoms with E-state index in [1.54, 1.807) is 6.92 Å². The molecule has 0 bridgehead atoms. The van der Waals surface area contributed by atoms with Crippen molar-refractivity contribution in [3.05, 3.63) is 0 Å². The molecule has 0 rings (SSSR count). The van der Waals surface area contributed by atoms with Gasteiger partial charge < -0.3 is 15.3 Å². The standard InChI is InChI=1S/C6H14O2.C2H4O2/c1-3-6(2,8)4-5-7;1-2(3)4/h7-8H,3-5H2,1-2H3;1H3,(H,3,4). The highest BCUT2D eigenvalue weighted by Gasteiger charge is 2.15. The van der Waals surface area contributed by atoms with E-state index in [1.807, 2.05) is 6.92 Å². The number of carboxylic acids is 1. The maximum atomic E-state index is 9.16. The maximum absolute atomic E-state index is 9.16. The average molecular weight is 178 g/mol. The van der Waals surface area contributed by atoms with Crippen molar-refractivity contribution in [3.63, 3.8) is 0 Å². The van der Waals surface area contributed by atoms with E-state index in [0.29, 0.717) is 12.8 Å². The van der Waals surface area contributed by atoms with E-state index in [1.165, 1.54) is 0 Å². The third-order valence-electron chi connectivity index (χ3n) is 1.41. The lowest BCUT2D eigenvalue weighted by Crippen LogP contribution is -2.23. The zero-order chi connectivity index (χ0) is 10.2. The first kappa shape index (κ1) is 13.9. The van der Waals surface area contributed by atoms with Crippen LogP contribution in [0.25, 0.3) is 0 Å². The van der Waals surface area contributed by atoms with E-state index in [0.717, 1.165) is 6.92 Å². The van der Waals surface area contributed by atoms with E-state index >= 15 is 0 Å². The van der Waals surface area contributed by atoms with Gasteiger partial charge in [0.2, 0.25) is 0 Å². The average Bonchev–Trinajstić information content (AvgIpc) is 1.86. The van der Waals surface area contributed by atoms with Gasteiger partial charge in [0.05, 0.1) is 5.60 Å². The smallest absolute Gasteiger partial charge is 0.300 e. The summed E-state index contributed by atoms with van der Waals surface area (Å²) in [5.74, 6) is -0.833. The fourth-order valence-corrected chi connectivity index (χ4v) is 0.418. The quantitative estimate of drug-likeness (QED) is 0.592. The Bertz CT molecular complexity index is 116. The van der Waals surface area contributed by atoms with Crippen molar-refractivity contribution in [1.82, 2.24) is 0 Å². The molecule has 12 heavy (non-hydrogen) atoms. The summed E-state index contributed by atoms with van der Waals surface area (Å²) in [4.78, 5) is 9.00. The van der Waals surface area contributed by atoms with E-state index in [-0.39, 0.29) is 6.61 Å². The molecule has 3 N–H and O–H groups in total. The number of aliphatic carboxylic acids is 1. The van der Waals surface area contributed by atoms with Crippen LogP contribution in [-0.4, -0.2) is 33.5 Å². The third-order valence-corrected chi connectivity index (χ3v) is 1.41. The normalized spacial score (nSPS) is 14.1. The SMILES string of the molecule is CC(=O)O.CCC(C)(O)CCO. The lowest BCUT2D eigenvalue weighted by molar-refractivity contribution is -0.134. The molecule has 0 aromatic heterocycles. The van der Waals surface area contributed by atoms with Crippen molar-refractivity contribution in [2.45, 2.75) is 39.2 Å². The molecule has 0 aromatic rings. The van der Waals surface area contributed by atoms with Crippen LogP contribution >= 0.6 is 0 Å². The molecule has 0 aliphatic heterocycles. The van der Waals surface area contributed by atoms with Gasteiger partial charge in [-0.15, -0.1) is 0 Å². The summed E-state index contributed by atoms with van der Waals surface area (Å²) in [6, 6.07) is 0. The second-order valence-electron chi connectivity index (χ2n) is 2.84. The van der Waals surface area contributed by atoms with Crippen molar-refractivity contribution in [3.8, 4) is 0 Å². The Morgan fingerprint density at radius 1 is 1.50 bits per heavy atom. The highest BCUT2D eigenvalue weighted by atomic mass is 16.4. The van der Waals surface area contributed by atoms with Crippen molar-refractivity contribution >= 4 is 5.97 Å². The molecule has 0 aliphatic carbocycles. The van der Waals surface area contributed by atoms with Gasteiger partial charge in [-0.25, -0.2) is 0 Å². The van der Waals surface area contributed by atoms with Crippen molar-refractivity contribution in [1.29, 1.82) is 0 Å². The summed E-state index contributed by atoms with van der Waals surface area (Å²) in [6.07, 6.45) is 1.18.